The number of fused-ring (bicyclic) bond motifs is 3. The molecule has 0 heterocycles. The molecule has 3 aromatic carbocycles. The van der Waals surface area contributed by atoms with Crippen molar-refractivity contribution in [2.45, 2.75) is 26.2 Å². The fourth-order valence-electron chi connectivity index (χ4n) is 3.01. The Morgan fingerprint density at radius 1 is 1.04 bits per heavy atom. The minimum atomic E-state index is 0. The van der Waals surface area contributed by atoms with E-state index < -0.39 is 0 Å². The number of ether oxygens (including phenoxy) is 1. The quantitative estimate of drug-likeness (QED) is 0.367. The van der Waals surface area contributed by atoms with Crippen molar-refractivity contribution in [2.24, 2.45) is 0 Å². The molecule has 0 N–H and O–H groups in total. The second-order valence-corrected chi connectivity index (χ2v) is 6.11. The van der Waals surface area contributed by atoms with Gasteiger partial charge in [-0.25, -0.2) is 12.1 Å². The van der Waals surface area contributed by atoms with Crippen LogP contribution in [0.4, 0.5) is 0 Å². The average molecular weight is 465 g/mol. The maximum absolute atomic E-state index is 5.39. The molecule has 0 spiro atoms. The van der Waals surface area contributed by atoms with Crippen LogP contribution in [0.1, 0.15) is 36.5 Å². The number of hydrogen-bond donors (Lipinski definition) is 0. The van der Waals surface area contributed by atoms with Gasteiger partial charge < -0.3 is 29.6 Å². The van der Waals surface area contributed by atoms with Crippen LogP contribution in [0.2, 0.25) is 0 Å². The van der Waals surface area contributed by atoms with Crippen LogP contribution in [0.5, 0.6) is 5.75 Å². The molecular formula is C22H22Cl2OZr. The Kier molecular flexibility index (Phi) is 11.3. The first-order valence-corrected chi connectivity index (χ1v) is 8.08. The van der Waals surface area contributed by atoms with E-state index in [-0.39, 0.29) is 51.0 Å². The molecule has 0 radical (unpaired) electrons. The van der Waals surface area contributed by atoms with Gasteiger partial charge >= 0.3 is 26.2 Å². The molecule has 4 rings (SSSR count). The Morgan fingerprint density at radius 2 is 1.77 bits per heavy atom. The maximum Gasteiger partial charge on any atom is 4.00 e. The molecule has 0 saturated carbocycles. The summed E-state index contributed by atoms with van der Waals surface area (Å²) >= 11 is 0. The molecule has 134 valence electrons. The van der Waals surface area contributed by atoms with E-state index in [1.807, 2.05) is 12.1 Å². The van der Waals surface area contributed by atoms with Gasteiger partial charge in [-0.3, -0.25) is 0 Å². The van der Waals surface area contributed by atoms with Crippen LogP contribution < -0.4 is 29.6 Å². The minimum Gasteiger partial charge on any atom is -1.00 e. The predicted octanol–water partition coefficient (Wildman–Crippen LogP) is -0.399. The number of benzene rings is 2. The van der Waals surface area contributed by atoms with E-state index in [9.17, 15) is 0 Å². The molecule has 0 atom stereocenters. The number of halogens is 2. The molecule has 0 aromatic heterocycles. The zero-order valence-corrected chi connectivity index (χ0v) is 19.2. The first-order valence-electron chi connectivity index (χ1n) is 8.08. The van der Waals surface area contributed by atoms with Gasteiger partial charge in [0.2, 0.25) is 0 Å². The first-order chi connectivity index (χ1) is 11.2. The van der Waals surface area contributed by atoms with Crippen molar-refractivity contribution in [3.8, 4) is 16.9 Å². The standard InChI is InChI=1S/C14H11O.C8H11.2ClH.Zr/c1-15-13-8-4-6-11-9-10-5-2-3-7-12(10)14(11)13;1-7(2)8-5-3-4-6-8;;;/h2-5,7-8H,9H2,1H3;3-7H,1-2H3;2*1H;/q2*-1;;;+4/p-2. The maximum atomic E-state index is 5.39. The van der Waals surface area contributed by atoms with Crippen LogP contribution in [0.25, 0.3) is 11.1 Å². The van der Waals surface area contributed by atoms with Gasteiger partial charge in [0.05, 0.1) is 7.11 Å². The summed E-state index contributed by atoms with van der Waals surface area (Å²) in [5, 5.41) is 0. The molecule has 0 fully saturated rings. The third kappa shape index (κ3) is 5.52. The van der Waals surface area contributed by atoms with Gasteiger partial charge in [-0.2, -0.15) is 29.8 Å². The van der Waals surface area contributed by atoms with E-state index in [4.69, 9.17) is 4.74 Å². The Bertz CT molecular complexity index is 783. The van der Waals surface area contributed by atoms with Crippen LogP contribution in [0.3, 0.4) is 0 Å². The van der Waals surface area contributed by atoms with E-state index in [0.717, 1.165) is 12.2 Å². The minimum absolute atomic E-state index is 0. The average Bonchev–Trinajstić information content (AvgIpc) is 3.22. The molecule has 3 aromatic rings. The van der Waals surface area contributed by atoms with E-state index in [1.165, 1.54) is 27.8 Å². The molecule has 26 heavy (non-hydrogen) atoms. The number of rotatable bonds is 2. The van der Waals surface area contributed by atoms with E-state index in [2.05, 4.69) is 68.4 Å². The summed E-state index contributed by atoms with van der Waals surface area (Å²) in [4.78, 5) is 0. The third-order valence-corrected chi connectivity index (χ3v) is 4.27. The molecule has 0 unspecified atom stereocenters. The zero-order valence-electron chi connectivity index (χ0n) is 15.2. The third-order valence-electron chi connectivity index (χ3n) is 4.27. The Labute approximate surface area is 188 Å². The summed E-state index contributed by atoms with van der Waals surface area (Å²) in [6.45, 7) is 4.41. The number of methoxy groups -OCH3 is 1. The molecular weight excluding hydrogens is 442 g/mol. The van der Waals surface area contributed by atoms with Crippen LogP contribution in [0.15, 0.2) is 60.7 Å². The largest absolute Gasteiger partial charge is 4.00 e. The van der Waals surface area contributed by atoms with Crippen molar-refractivity contribution in [1.29, 1.82) is 0 Å². The van der Waals surface area contributed by atoms with Crippen molar-refractivity contribution in [3.63, 3.8) is 0 Å². The zero-order chi connectivity index (χ0) is 16.2. The predicted molar refractivity (Wildman–Crippen MR) is 96.2 cm³/mol. The fraction of sp³-hybridized carbons (Fsp3) is 0.227. The summed E-state index contributed by atoms with van der Waals surface area (Å²) in [6.07, 6.45) is 0.975. The summed E-state index contributed by atoms with van der Waals surface area (Å²) in [6, 6.07) is 24.1. The first kappa shape index (κ1) is 25.1. The van der Waals surface area contributed by atoms with Gasteiger partial charge in [0.1, 0.15) is 0 Å². The summed E-state index contributed by atoms with van der Waals surface area (Å²) < 4.78 is 5.39. The molecule has 4 heteroatoms. The van der Waals surface area contributed by atoms with Gasteiger partial charge in [-0.15, -0.1) is 11.6 Å². The SMILES string of the molecule is CC(C)c1ccc[cH-]1.COc1cc[c-]c2c1-c1ccccc1C2.[Cl-].[Cl-].[Zr+4]. The Hall–Kier alpha value is -0.947. The van der Waals surface area contributed by atoms with Crippen molar-refractivity contribution in [2.75, 3.05) is 7.11 Å². The summed E-state index contributed by atoms with van der Waals surface area (Å²) in [5.41, 5.74) is 6.56. The van der Waals surface area contributed by atoms with Crippen LogP contribution in [0, 0.1) is 6.07 Å². The van der Waals surface area contributed by atoms with Gasteiger partial charge in [0.15, 0.2) is 0 Å². The van der Waals surface area contributed by atoms with Crippen LogP contribution in [-0.2, 0) is 32.6 Å². The molecule has 1 aliphatic rings. The van der Waals surface area contributed by atoms with Crippen molar-refractivity contribution < 1.29 is 55.8 Å². The second-order valence-electron chi connectivity index (χ2n) is 6.11. The summed E-state index contributed by atoms with van der Waals surface area (Å²) in [7, 11) is 1.72. The van der Waals surface area contributed by atoms with Gasteiger partial charge in [-0.05, 0) is 17.9 Å². The van der Waals surface area contributed by atoms with Gasteiger partial charge in [0, 0.05) is 5.75 Å². The van der Waals surface area contributed by atoms with E-state index in [0.29, 0.717) is 5.92 Å². The normalized spacial score (nSPS) is 10.2. The van der Waals surface area contributed by atoms with Crippen LogP contribution in [-0.4, -0.2) is 7.11 Å². The summed E-state index contributed by atoms with van der Waals surface area (Å²) in [5.74, 6) is 1.64. The van der Waals surface area contributed by atoms with E-state index >= 15 is 0 Å². The van der Waals surface area contributed by atoms with Crippen LogP contribution >= 0.6 is 0 Å². The molecule has 0 aliphatic heterocycles. The second kappa shape index (κ2) is 11.7. The molecule has 0 amide bonds. The Balaban J connectivity index is 0.000000497. The van der Waals surface area contributed by atoms with Gasteiger partial charge in [0.25, 0.3) is 0 Å². The Morgan fingerprint density at radius 3 is 2.35 bits per heavy atom. The van der Waals surface area contributed by atoms with Crippen molar-refractivity contribution in [1.82, 2.24) is 0 Å². The monoisotopic (exact) mass is 462 g/mol. The fourth-order valence-corrected chi connectivity index (χ4v) is 3.01. The molecule has 0 saturated heterocycles. The topological polar surface area (TPSA) is 9.23 Å². The smallest absolute Gasteiger partial charge is 1.00 e. The molecule has 1 aliphatic carbocycles. The molecule has 0 bridgehead atoms. The molecule has 1 nitrogen and oxygen atoms in total. The van der Waals surface area contributed by atoms with E-state index in [1.54, 1.807) is 7.11 Å². The van der Waals surface area contributed by atoms with Crippen molar-refractivity contribution >= 4 is 0 Å². The number of hydrogen-bond acceptors (Lipinski definition) is 1. The van der Waals surface area contributed by atoms with Gasteiger partial charge in [-0.1, -0.05) is 49.2 Å². The van der Waals surface area contributed by atoms with Crippen molar-refractivity contribution in [3.05, 3.63) is 83.4 Å².